The van der Waals surface area contributed by atoms with Crippen molar-refractivity contribution in [3.8, 4) is 5.75 Å². The predicted molar refractivity (Wildman–Crippen MR) is 122 cm³/mol. The first-order valence-corrected chi connectivity index (χ1v) is 11.6. The molecule has 2 N–H and O–H groups in total. The third kappa shape index (κ3) is 4.27. The number of para-hydroxylation sites is 2. The van der Waals surface area contributed by atoms with Gasteiger partial charge in [-0.1, -0.05) is 17.3 Å². The number of carbonyl (C=O) groups excluding carboxylic acids is 2. The number of amides is 2. The number of nitrogens with two attached hydrogens (primary N) is 1. The van der Waals surface area contributed by atoms with Crippen LogP contribution in [0.25, 0.3) is 0 Å². The highest BCUT2D eigenvalue weighted by atomic mass is 16.5. The van der Waals surface area contributed by atoms with Gasteiger partial charge >= 0.3 is 0 Å². The molecule has 1 aromatic carbocycles. The number of aromatic nitrogens is 3. The summed E-state index contributed by atoms with van der Waals surface area (Å²) in [4.78, 5) is 31.5. The number of hydrogen-bond acceptors (Lipinski definition) is 7. The first-order chi connectivity index (χ1) is 16.0. The van der Waals surface area contributed by atoms with Crippen LogP contribution >= 0.6 is 0 Å². The van der Waals surface area contributed by atoms with Crippen molar-refractivity contribution in [2.45, 2.75) is 25.4 Å². The van der Waals surface area contributed by atoms with Crippen molar-refractivity contribution in [3.63, 3.8) is 0 Å². The number of anilines is 1. The Balaban J connectivity index is 1.18. The van der Waals surface area contributed by atoms with Gasteiger partial charge in [0.05, 0.1) is 31.5 Å². The number of ether oxygens (including phenoxy) is 1. The quantitative estimate of drug-likeness (QED) is 0.676. The van der Waals surface area contributed by atoms with Crippen LogP contribution in [0.5, 0.6) is 5.75 Å². The van der Waals surface area contributed by atoms with Crippen LogP contribution in [0.4, 0.5) is 5.69 Å². The molecule has 4 aliphatic heterocycles. The number of nitrogens with zero attached hydrogens (tertiary/aromatic N) is 6. The van der Waals surface area contributed by atoms with Gasteiger partial charge in [-0.15, -0.1) is 5.10 Å². The number of piperidine rings is 3. The van der Waals surface area contributed by atoms with Crippen LogP contribution in [0.1, 0.15) is 23.3 Å². The third-order valence-electron chi connectivity index (χ3n) is 7.40. The van der Waals surface area contributed by atoms with Crippen LogP contribution in [0, 0.1) is 11.8 Å². The maximum absolute atomic E-state index is 13.4. The maximum Gasteiger partial charge on any atom is 0.270 e. The van der Waals surface area contributed by atoms with Crippen LogP contribution in [-0.2, 0) is 11.3 Å². The number of fused-ring (bicyclic) bond motifs is 3. The summed E-state index contributed by atoms with van der Waals surface area (Å²) in [5, 5.41) is 7.87. The summed E-state index contributed by atoms with van der Waals surface area (Å²) in [6, 6.07) is 8.35. The van der Waals surface area contributed by atoms with Gasteiger partial charge in [-0.2, -0.15) is 0 Å². The Labute approximate surface area is 193 Å². The van der Waals surface area contributed by atoms with Crippen molar-refractivity contribution < 1.29 is 14.3 Å². The maximum atomic E-state index is 13.4. The topological polar surface area (TPSA) is 110 Å². The first kappa shape index (κ1) is 21.7. The van der Waals surface area contributed by atoms with Crippen LogP contribution in [0.15, 0.2) is 30.5 Å². The highest BCUT2D eigenvalue weighted by molar-refractivity contribution is 5.90. The molecule has 0 spiro atoms. The van der Waals surface area contributed by atoms with E-state index < -0.39 is 5.91 Å². The molecule has 0 radical (unpaired) electrons. The average Bonchev–Trinajstić information content (AvgIpc) is 3.33. The molecule has 1 aromatic heterocycles. The summed E-state index contributed by atoms with van der Waals surface area (Å²) in [5.74, 6) is 1.04. The lowest BCUT2D eigenvalue weighted by atomic mass is 9.75. The van der Waals surface area contributed by atoms with E-state index in [-0.39, 0.29) is 11.6 Å². The lowest BCUT2D eigenvalue weighted by Crippen LogP contribution is -2.60. The largest absolute Gasteiger partial charge is 0.495 e. The van der Waals surface area contributed by atoms with Gasteiger partial charge in [0.25, 0.3) is 5.91 Å². The first-order valence-electron chi connectivity index (χ1n) is 11.6. The van der Waals surface area contributed by atoms with Crippen molar-refractivity contribution in [2.75, 3.05) is 51.3 Å². The van der Waals surface area contributed by atoms with E-state index in [4.69, 9.17) is 10.5 Å². The summed E-state index contributed by atoms with van der Waals surface area (Å²) in [5.41, 5.74) is 6.56. The molecule has 176 valence electrons. The number of methoxy groups -OCH3 is 1. The van der Waals surface area contributed by atoms with Crippen molar-refractivity contribution in [1.29, 1.82) is 0 Å². The zero-order valence-corrected chi connectivity index (χ0v) is 19.0. The fourth-order valence-corrected chi connectivity index (χ4v) is 5.62. The molecule has 6 rings (SSSR count). The van der Waals surface area contributed by atoms with E-state index in [1.807, 2.05) is 23.1 Å². The molecule has 4 atom stereocenters. The molecule has 10 nitrogen and oxygen atoms in total. The molecule has 4 saturated heterocycles. The summed E-state index contributed by atoms with van der Waals surface area (Å²) < 4.78 is 7.20. The lowest BCUT2D eigenvalue weighted by molar-refractivity contribution is -0.144. The third-order valence-corrected chi connectivity index (χ3v) is 7.40. The fourth-order valence-electron chi connectivity index (χ4n) is 5.62. The minimum absolute atomic E-state index is 0.0599. The summed E-state index contributed by atoms with van der Waals surface area (Å²) in [6.07, 6.45) is 3.62. The second-order valence-electron chi connectivity index (χ2n) is 9.21. The molecular formula is C23H31N7O3. The van der Waals surface area contributed by atoms with Crippen LogP contribution in [0.3, 0.4) is 0 Å². The van der Waals surface area contributed by atoms with Gasteiger partial charge in [0.2, 0.25) is 5.91 Å². The molecule has 2 bridgehead atoms. The molecule has 33 heavy (non-hydrogen) atoms. The Bertz CT molecular complexity index is 1020. The number of benzene rings is 1. The van der Waals surface area contributed by atoms with Gasteiger partial charge < -0.3 is 20.3 Å². The van der Waals surface area contributed by atoms with Gasteiger partial charge in [0.15, 0.2) is 5.69 Å². The average molecular weight is 454 g/mol. The second kappa shape index (κ2) is 9.01. The van der Waals surface area contributed by atoms with Crippen molar-refractivity contribution in [2.24, 2.45) is 17.6 Å². The molecule has 1 unspecified atom stereocenters. The van der Waals surface area contributed by atoms with E-state index in [0.717, 1.165) is 63.5 Å². The number of rotatable bonds is 6. The normalized spacial score (nSPS) is 26.9. The predicted octanol–water partition coefficient (Wildman–Crippen LogP) is 0.445. The molecule has 4 fully saturated rings. The van der Waals surface area contributed by atoms with Gasteiger partial charge in [-0.05, 0) is 37.4 Å². The molecule has 2 aromatic rings. The summed E-state index contributed by atoms with van der Waals surface area (Å²) in [7, 11) is 1.69. The van der Waals surface area contributed by atoms with Crippen LogP contribution in [0.2, 0.25) is 0 Å². The van der Waals surface area contributed by atoms with Crippen molar-refractivity contribution >= 4 is 17.5 Å². The van der Waals surface area contributed by atoms with E-state index in [9.17, 15) is 9.59 Å². The van der Waals surface area contributed by atoms with E-state index in [2.05, 4.69) is 26.2 Å². The van der Waals surface area contributed by atoms with E-state index in [1.165, 1.54) is 0 Å². The molecule has 0 saturated carbocycles. The Kier molecular flexibility index (Phi) is 5.92. The van der Waals surface area contributed by atoms with Gasteiger partial charge in [-0.3, -0.25) is 19.2 Å². The summed E-state index contributed by atoms with van der Waals surface area (Å²) >= 11 is 0. The Morgan fingerprint density at radius 2 is 1.94 bits per heavy atom. The van der Waals surface area contributed by atoms with Gasteiger partial charge in [0, 0.05) is 38.8 Å². The smallest absolute Gasteiger partial charge is 0.270 e. The SMILES string of the molecule is COc1ccccc1N1CCN(C(=O)[C@@H]2CN3CC[C@@H]2C[C@@H]3Cn2cc(C(N)=O)nn2)CC1. The van der Waals surface area contributed by atoms with Crippen molar-refractivity contribution in [3.05, 3.63) is 36.2 Å². The number of hydrogen-bond donors (Lipinski definition) is 1. The molecule has 10 heteroatoms. The minimum atomic E-state index is -0.566. The Hall–Kier alpha value is -3.14. The number of carbonyl (C=O) groups is 2. The molecule has 4 aliphatic rings. The molecule has 0 aliphatic carbocycles. The zero-order chi connectivity index (χ0) is 22.9. The number of primary amides is 1. The Morgan fingerprint density at radius 3 is 2.61 bits per heavy atom. The molecule has 5 heterocycles. The van der Waals surface area contributed by atoms with Crippen molar-refractivity contribution in [1.82, 2.24) is 24.8 Å². The second-order valence-corrected chi connectivity index (χ2v) is 9.21. The standard InChI is InChI=1S/C23H31N7O3/c1-33-21-5-3-2-4-20(21)27-8-10-28(11-9-27)23(32)18-14-29-7-6-16(18)12-17(29)13-30-15-19(22(24)31)25-26-30/h2-5,15-18H,6-14H2,1H3,(H2,24,31)/t16-,17-,18-/m1/s1. The van der Waals surface area contributed by atoms with Gasteiger partial charge in [0.1, 0.15) is 5.75 Å². The monoisotopic (exact) mass is 453 g/mol. The highest BCUT2D eigenvalue weighted by Crippen LogP contribution is 2.38. The Morgan fingerprint density at radius 1 is 1.15 bits per heavy atom. The van der Waals surface area contributed by atoms with E-state index >= 15 is 0 Å². The lowest BCUT2D eigenvalue weighted by Gasteiger charge is -2.50. The van der Waals surface area contributed by atoms with Crippen LogP contribution < -0.4 is 15.4 Å². The highest BCUT2D eigenvalue weighted by Gasteiger charge is 2.44. The van der Waals surface area contributed by atoms with Gasteiger partial charge in [-0.25, -0.2) is 0 Å². The van der Waals surface area contributed by atoms with Crippen LogP contribution in [-0.4, -0.2) is 89.0 Å². The summed E-state index contributed by atoms with van der Waals surface area (Å²) in [6.45, 7) is 5.54. The molecular weight excluding hydrogens is 422 g/mol. The van der Waals surface area contributed by atoms with E-state index in [0.29, 0.717) is 24.4 Å². The zero-order valence-electron chi connectivity index (χ0n) is 19.0. The fraction of sp³-hybridized carbons (Fsp3) is 0.565. The minimum Gasteiger partial charge on any atom is -0.495 e. The number of piperazine rings is 1. The van der Waals surface area contributed by atoms with E-state index in [1.54, 1.807) is 18.0 Å². The molecule has 2 amide bonds.